The van der Waals surface area contributed by atoms with Gasteiger partial charge in [0, 0.05) is 27.9 Å². The highest BCUT2D eigenvalue weighted by molar-refractivity contribution is 6.06. The van der Waals surface area contributed by atoms with E-state index in [0.29, 0.717) is 0 Å². The molecule has 0 saturated heterocycles. The van der Waals surface area contributed by atoms with Gasteiger partial charge in [-0.05, 0) is 28.5 Å². The van der Waals surface area contributed by atoms with Crippen LogP contribution in [0.5, 0.6) is 11.5 Å². The third-order valence-electron chi connectivity index (χ3n) is 5.05. The van der Waals surface area contributed by atoms with Crippen LogP contribution in [0.25, 0.3) is 32.8 Å². The van der Waals surface area contributed by atoms with Crippen molar-refractivity contribution >= 4 is 21.5 Å². The summed E-state index contributed by atoms with van der Waals surface area (Å²) in [5.74, 6) is 1.78. The van der Waals surface area contributed by atoms with Crippen molar-refractivity contribution in [2.45, 2.75) is 26.2 Å². The van der Waals surface area contributed by atoms with Crippen LogP contribution in [-0.2, 0) is 5.41 Å². The zero-order chi connectivity index (χ0) is 17.2. The number of benzene rings is 3. The lowest BCUT2D eigenvalue weighted by Crippen LogP contribution is -2.11. The molecule has 25 heavy (non-hydrogen) atoms. The van der Waals surface area contributed by atoms with Gasteiger partial charge in [0.15, 0.2) is 5.75 Å². The first-order valence-electron chi connectivity index (χ1n) is 8.65. The average molecular weight is 325 g/mol. The van der Waals surface area contributed by atoms with Crippen LogP contribution in [0.2, 0.25) is 0 Å². The SMILES string of the molecule is CC(C)(C)c1ccc2cnc3c(c2c1)Oc1cccc2cccc-3c12. The summed E-state index contributed by atoms with van der Waals surface area (Å²) < 4.78 is 6.37. The Balaban J connectivity index is 1.87. The van der Waals surface area contributed by atoms with Crippen LogP contribution in [0.1, 0.15) is 26.3 Å². The van der Waals surface area contributed by atoms with Gasteiger partial charge in [-0.25, -0.2) is 0 Å². The summed E-state index contributed by atoms with van der Waals surface area (Å²) in [7, 11) is 0. The molecule has 0 aliphatic carbocycles. The molecule has 2 heteroatoms. The van der Waals surface area contributed by atoms with Crippen molar-refractivity contribution in [2.24, 2.45) is 0 Å². The fraction of sp³-hybridized carbons (Fsp3) is 0.174. The minimum absolute atomic E-state index is 0.0942. The van der Waals surface area contributed by atoms with Crippen LogP contribution in [0, 0.1) is 0 Å². The molecule has 0 bridgehead atoms. The van der Waals surface area contributed by atoms with Crippen LogP contribution in [0.3, 0.4) is 0 Å². The summed E-state index contributed by atoms with van der Waals surface area (Å²) in [6.45, 7) is 6.70. The summed E-state index contributed by atoms with van der Waals surface area (Å²) in [6, 6.07) is 19.1. The van der Waals surface area contributed by atoms with Gasteiger partial charge in [-0.3, -0.25) is 4.98 Å². The van der Waals surface area contributed by atoms with E-state index in [1.54, 1.807) is 0 Å². The van der Waals surface area contributed by atoms with Gasteiger partial charge < -0.3 is 4.74 Å². The van der Waals surface area contributed by atoms with Crippen molar-refractivity contribution in [1.82, 2.24) is 4.98 Å². The normalized spacial score (nSPS) is 12.9. The largest absolute Gasteiger partial charge is 0.454 e. The highest BCUT2D eigenvalue weighted by Crippen LogP contribution is 2.48. The maximum absolute atomic E-state index is 6.37. The van der Waals surface area contributed by atoms with E-state index in [1.165, 1.54) is 10.9 Å². The van der Waals surface area contributed by atoms with E-state index in [2.05, 4.69) is 63.2 Å². The van der Waals surface area contributed by atoms with Gasteiger partial charge in [0.25, 0.3) is 0 Å². The van der Waals surface area contributed by atoms with Crippen molar-refractivity contribution in [3.05, 3.63) is 66.4 Å². The molecule has 0 saturated carbocycles. The number of rotatable bonds is 0. The number of pyridine rings is 1. The van der Waals surface area contributed by atoms with E-state index in [1.807, 2.05) is 18.3 Å². The summed E-state index contributed by atoms with van der Waals surface area (Å²) in [5.41, 5.74) is 3.48. The molecule has 5 rings (SSSR count). The van der Waals surface area contributed by atoms with Crippen LogP contribution >= 0.6 is 0 Å². The maximum atomic E-state index is 6.37. The summed E-state index contributed by atoms with van der Waals surface area (Å²) in [6.07, 6.45) is 1.96. The summed E-state index contributed by atoms with van der Waals surface area (Å²) in [5, 5.41) is 4.57. The molecule has 2 nitrogen and oxygen atoms in total. The molecule has 0 spiro atoms. The molecule has 0 unspecified atom stereocenters. The number of aromatic nitrogens is 1. The topological polar surface area (TPSA) is 22.1 Å². The van der Waals surface area contributed by atoms with Crippen molar-refractivity contribution in [2.75, 3.05) is 0 Å². The number of hydrogen-bond acceptors (Lipinski definition) is 2. The van der Waals surface area contributed by atoms with E-state index < -0.39 is 0 Å². The molecule has 0 fully saturated rings. The van der Waals surface area contributed by atoms with E-state index in [-0.39, 0.29) is 5.41 Å². The van der Waals surface area contributed by atoms with Gasteiger partial charge in [0.1, 0.15) is 11.4 Å². The average Bonchev–Trinajstić information content (AvgIpc) is 2.61. The second kappa shape index (κ2) is 4.82. The van der Waals surface area contributed by atoms with Crippen LogP contribution in [-0.4, -0.2) is 4.98 Å². The molecular weight excluding hydrogens is 306 g/mol. The van der Waals surface area contributed by atoms with Gasteiger partial charge >= 0.3 is 0 Å². The quantitative estimate of drug-likeness (QED) is 0.326. The molecule has 0 atom stereocenters. The Morgan fingerprint density at radius 2 is 1.68 bits per heavy atom. The lowest BCUT2D eigenvalue weighted by molar-refractivity contribution is 0.490. The molecule has 1 aliphatic rings. The Bertz CT molecular complexity index is 1150. The molecule has 1 aliphatic heterocycles. The molecule has 3 aromatic carbocycles. The molecule has 2 heterocycles. The van der Waals surface area contributed by atoms with Crippen LogP contribution < -0.4 is 4.74 Å². The molecule has 1 aromatic heterocycles. The first-order valence-corrected chi connectivity index (χ1v) is 8.65. The van der Waals surface area contributed by atoms with Gasteiger partial charge in [-0.15, -0.1) is 0 Å². The Morgan fingerprint density at radius 1 is 0.880 bits per heavy atom. The summed E-state index contributed by atoms with van der Waals surface area (Å²) in [4.78, 5) is 4.74. The van der Waals surface area contributed by atoms with E-state index in [9.17, 15) is 0 Å². The lowest BCUT2D eigenvalue weighted by Gasteiger charge is -2.23. The minimum Gasteiger partial charge on any atom is -0.454 e. The predicted molar refractivity (Wildman–Crippen MR) is 103 cm³/mol. The van der Waals surface area contributed by atoms with Crippen molar-refractivity contribution in [3.8, 4) is 22.8 Å². The van der Waals surface area contributed by atoms with Crippen LogP contribution in [0.15, 0.2) is 60.8 Å². The zero-order valence-electron chi connectivity index (χ0n) is 14.6. The zero-order valence-corrected chi connectivity index (χ0v) is 14.6. The van der Waals surface area contributed by atoms with Gasteiger partial charge in [-0.2, -0.15) is 0 Å². The fourth-order valence-electron chi connectivity index (χ4n) is 3.65. The van der Waals surface area contributed by atoms with Gasteiger partial charge in [0.05, 0.1) is 0 Å². The molecular formula is C23H19NO. The standard InChI is InChI=1S/C23H19NO/c1-23(2,3)16-11-10-15-13-24-21-17-8-4-6-14-7-5-9-19(20(14)17)25-22(21)18(15)12-16/h4-13H,1-3H3. The van der Waals surface area contributed by atoms with Crippen molar-refractivity contribution in [1.29, 1.82) is 0 Å². The Kier molecular flexibility index (Phi) is 2.79. The second-order valence-electron chi connectivity index (χ2n) is 7.75. The number of hydrogen-bond donors (Lipinski definition) is 0. The first-order chi connectivity index (χ1) is 12.0. The third-order valence-corrected chi connectivity index (χ3v) is 5.05. The second-order valence-corrected chi connectivity index (χ2v) is 7.75. The van der Waals surface area contributed by atoms with Gasteiger partial charge in [0.2, 0.25) is 0 Å². The molecule has 0 N–H and O–H groups in total. The summed E-state index contributed by atoms with van der Waals surface area (Å²) >= 11 is 0. The monoisotopic (exact) mass is 325 g/mol. The lowest BCUT2D eigenvalue weighted by atomic mass is 9.85. The molecule has 4 aromatic rings. The molecule has 122 valence electrons. The van der Waals surface area contributed by atoms with Crippen LogP contribution in [0.4, 0.5) is 0 Å². The first kappa shape index (κ1) is 14.5. The van der Waals surface area contributed by atoms with Crippen molar-refractivity contribution < 1.29 is 4.74 Å². The van der Waals surface area contributed by atoms with Crippen molar-refractivity contribution in [3.63, 3.8) is 0 Å². The van der Waals surface area contributed by atoms with E-state index in [0.717, 1.165) is 38.9 Å². The number of ether oxygens (including phenoxy) is 1. The fourth-order valence-corrected chi connectivity index (χ4v) is 3.65. The Morgan fingerprint density at radius 3 is 2.48 bits per heavy atom. The highest BCUT2D eigenvalue weighted by atomic mass is 16.5. The smallest absolute Gasteiger partial charge is 0.161 e. The Labute approximate surface area is 147 Å². The van der Waals surface area contributed by atoms with E-state index in [4.69, 9.17) is 9.72 Å². The number of nitrogens with zero attached hydrogens (tertiary/aromatic N) is 1. The molecule has 0 radical (unpaired) electrons. The van der Waals surface area contributed by atoms with Gasteiger partial charge in [-0.1, -0.05) is 63.2 Å². The predicted octanol–water partition coefficient (Wildman–Crippen LogP) is 6.46. The third kappa shape index (κ3) is 2.07. The minimum atomic E-state index is 0.0942. The van der Waals surface area contributed by atoms with E-state index >= 15 is 0 Å². The molecule has 0 amide bonds. The highest BCUT2D eigenvalue weighted by Gasteiger charge is 2.24. The maximum Gasteiger partial charge on any atom is 0.161 e. The Hall–Kier alpha value is -2.87. The number of fused-ring (bicyclic) bond motifs is 4.